The third-order valence-electron chi connectivity index (χ3n) is 3.17. The third-order valence-corrected chi connectivity index (χ3v) is 6.48. The fourth-order valence-electron chi connectivity index (χ4n) is 2.46. The van der Waals surface area contributed by atoms with Gasteiger partial charge in [0.1, 0.15) is 4.21 Å². The maximum absolute atomic E-state index is 14.2. The summed E-state index contributed by atoms with van der Waals surface area (Å²) in [5.41, 5.74) is -0.00788. The molecule has 4 nitrogen and oxygen atoms in total. The Bertz CT molecular complexity index is 647. The first kappa shape index (κ1) is 13.7. The van der Waals surface area contributed by atoms with Gasteiger partial charge in [-0.25, -0.2) is 8.42 Å². The van der Waals surface area contributed by atoms with Gasteiger partial charge in [0.25, 0.3) is 5.79 Å². The molecular weight excluding hydrogens is 322 g/mol. The predicted octanol–water partition coefficient (Wildman–Crippen LogP) is 2.20. The number of fused-ring (bicyclic) bond motifs is 2. The zero-order valence-electron chi connectivity index (χ0n) is 9.70. The second-order valence-electron chi connectivity index (χ2n) is 4.48. The van der Waals surface area contributed by atoms with Crippen LogP contribution < -0.4 is 0 Å². The number of rotatable bonds is 1. The molecule has 106 valence electrons. The van der Waals surface area contributed by atoms with Crippen LogP contribution in [0.3, 0.4) is 0 Å². The molecule has 0 unspecified atom stereocenters. The highest BCUT2D eigenvalue weighted by molar-refractivity contribution is 7.92. The predicted molar refractivity (Wildman–Crippen MR) is 64.7 cm³/mol. The summed E-state index contributed by atoms with van der Waals surface area (Å²) in [4.78, 5) is 0. The molecule has 1 aromatic rings. The Balaban J connectivity index is 2.32. The molecule has 1 spiro atoms. The van der Waals surface area contributed by atoms with E-state index in [1.165, 1.54) is 0 Å². The number of halogens is 3. The number of alkyl halides is 2. The number of hydrogen-bond acceptors (Lipinski definition) is 5. The van der Waals surface area contributed by atoms with Crippen LogP contribution in [0.25, 0.3) is 0 Å². The van der Waals surface area contributed by atoms with Gasteiger partial charge in [0.05, 0.1) is 23.1 Å². The summed E-state index contributed by atoms with van der Waals surface area (Å²) in [6.45, 7) is -0.0165. The summed E-state index contributed by atoms with van der Waals surface area (Å²) in [5.74, 6) is -5.63. The van der Waals surface area contributed by atoms with Gasteiger partial charge >= 0.3 is 5.92 Å². The first-order chi connectivity index (χ1) is 8.69. The SMILES string of the molecule is CS(=O)(=O)c1sc(Cl)c2c1C1(OCCO1)C(F)(F)C2. The van der Waals surface area contributed by atoms with Crippen LogP contribution in [0.5, 0.6) is 0 Å². The second kappa shape index (κ2) is 3.88. The summed E-state index contributed by atoms with van der Waals surface area (Å²) in [7, 11) is -3.68. The van der Waals surface area contributed by atoms with Gasteiger partial charge in [0.2, 0.25) is 0 Å². The van der Waals surface area contributed by atoms with E-state index in [0.717, 1.165) is 17.6 Å². The molecule has 0 aromatic carbocycles. The van der Waals surface area contributed by atoms with Crippen molar-refractivity contribution in [3.8, 4) is 0 Å². The van der Waals surface area contributed by atoms with Crippen molar-refractivity contribution in [2.75, 3.05) is 19.5 Å². The Labute approximate surface area is 117 Å². The number of hydrogen-bond donors (Lipinski definition) is 0. The molecule has 3 rings (SSSR count). The maximum Gasteiger partial charge on any atom is 0.309 e. The van der Waals surface area contributed by atoms with E-state index in [4.69, 9.17) is 21.1 Å². The van der Waals surface area contributed by atoms with Gasteiger partial charge in [-0.15, -0.1) is 11.3 Å². The van der Waals surface area contributed by atoms with Gasteiger partial charge < -0.3 is 9.47 Å². The smallest absolute Gasteiger partial charge is 0.309 e. The minimum absolute atomic E-state index is 0.00824. The Morgan fingerprint density at radius 1 is 1.32 bits per heavy atom. The quantitative estimate of drug-likeness (QED) is 0.792. The normalized spacial score (nSPS) is 24.0. The average Bonchev–Trinajstić information content (AvgIpc) is 2.89. The van der Waals surface area contributed by atoms with Gasteiger partial charge in [0, 0.05) is 12.7 Å². The van der Waals surface area contributed by atoms with Crippen molar-refractivity contribution in [1.82, 2.24) is 0 Å². The van der Waals surface area contributed by atoms with Crippen molar-refractivity contribution in [2.45, 2.75) is 22.3 Å². The number of sulfone groups is 1. The van der Waals surface area contributed by atoms with Crippen LogP contribution in [0.2, 0.25) is 4.34 Å². The third kappa shape index (κ3) is 1.70. The molecule has 9 heteroatoms. The lowest BCUT2D eigenvalue weighted by atomic mass is 10.1. The van der Waals surface area contributed by atoms with Crippen LogP contribution in [0.1, 0.15) is 11.1 Å². The van der Waals surface area contributed by atoms with E-state index >= 15 is 0 Å². The molecular formula is C10H9ClF2O4S2. The highest BCUT2D eigenvalue weighted by Crippen LogP contribution is 2.58. The molecule has 0 N–H and O–H groups in total. The van der Waals surface area contributed by atoms with Crippen molar-refractivity contribution in [2.24, 2.45) is 0 Å². The molecule has 1 aromatic heterocycles. The highest BCUT2D eigenvalue weighted by atomic mass is 35.5. The Morgan fingerprint density at radius 2 is 1.89 bits per heavy atom. The van der Waals surface area contributed by atoms with Crippen molar-refractivity contribution < 1.29 is 26.7 Å². The zero-order valence-corrected chi connectivity index (χ0v) is 12.1. The van der Waals surface area contributed by atoms with E-state index in [0.29, 0.717) is 0 Å². The van der Waals surface area contributed by atoms with E-state index in [9.17, 15) is 17.2 Å². The topological polar surface area (TPSA) is 52.6 Å². The van der Waals surface area contributed by atoms with Crippen LogP contribution in [-0.4, -0.2) is 33.8 Å². The van der Waals surface area contributed by atoms with Crippen LogP contribution in [-0.2, 0) is 31.5 Å². The highest BCUT2D eigenvalue weighted by Gasteiger charge is 2.67. The standard InChI is InChI=1S/C10H9ClF2O4S2/c1-19(14,15)8-6-5(7(11)18-8)4-9(12,13)10(6)16-2-3-17-10/h2-4H2,1H3. The first-order valence-electron chi connectivity index (χ1n) is 5.36. The average molecular weight is 331 g/mol. The summed E-state index contributed by atoms with van der Waals surface area (Å²) < 4.78 is 61.9. The summed E-state index contributed by atoms with van der Waals surface area (Å²) in [6.07, 6.45) is 0.280. The summed E-state index contributed by atoms with van der Waals surface area (Å²) in [5, 5.41) is 0. The molecule has 0 radical (unpaired) electrons. The number of thiophene rings is 1. The van der Waals surface area contributed by atoms with Gasteiger partial charge in [-0.3, -0.25) is 0 Å². The lowest BCUT2D eigenvalue weighted by Gasteiger charge is -2.29. The van der Waals surface area contributed by atoms with Gasteiger partial charge in [-0.05, 0) is 5.56 Å². The molecule has 1 saturated heterocycles. The van der Waals surface area contributed by atoms with Crippen molar-refractivity contribution in [3.05, 3.63) is 15.5 Å². The molecule has 1 fully saturated rings. The molecule has 2 aliphatic rings. The minimum atomic E-state index is -3.68. The molecule has 1 aliphatic heterocycles. The Kier molecular flexibility index (Phi) is 2.80. The zero-order chi connectivity index (χ0) is 14.1. The fraction of sp³-hybridized carbons (Fsp3) is 0.600. The Hall–Kier alpha value is -0.280. The lowest BCUT2D eigenvalue weighted by molar-refractivity contribution is -0.290. The van der Waals surface area contributed by atoms with Crippen LogP contribution >= 0.6 is 22.9 Å². The monoisotopic (exact) mass is 330 g/mol. The summed E-state index contributed by atoms with van der Waals surface area (Å²) in [6, 6.07) is 0. The largest absolute Gasteiger partial charge is 0.339 e. The number of ether oxygens (including phenoxy) is 2. The van der Waals surface area contributed by atoms with Crippen molar-refractivity contribution in [1.29, 1.82) is 0 Å². The van der Waals surface area contributed by atoms with E-state index in [2.05, 4.69) is 0 Å². The summed E-state index contributed by atoms with van der Waals surface area (Å²) >= 11 is 6.66. The maximum atomic E-state index is 14.2. The van der Waals surface area contributed by atoms with Crippen molar-refractivity contribution >= 4 is 32.8 Å². The second-order valence-corrected chi connectivity index (χ2v) is 8.32. The molecule has 19 heavy (non-hydrogen) atoms. The first-order valence-corrected chi connectivity index (χ1v) is 8.45. The molecule has 0 bridgehead atoms. The van der Waals surface area contributed by atoms with Crippen molar-refractivity contribution in [3.63, 3.8) is 0 Å². The molecule has 0 atom stereocenters. The van der Waals surface area contributed by atoms with Gasteiger partial charge in [-0.1, -0.05) is 11.6 Å². The fourth-order valence-corrected chi connectivity index (χ4v) is 5.29. The van der Waals surface area contributed by atoms with E-state index in [1.807, 2.05) is 0 Å². The van der Waals surface area contributed by atoms with Crippen LogP contribution in [0.15, 0.2) is 4.21 Å². The van der Waals surface area contributed by atoms with E-state index in [-0.39, 0.29) is 32.9 Å². The molecule has 0 amide bonds. The van der Waals surface area contributed by atoms with Crippen LogP contribution in [0.4, 0.5) is 8.78 Å². The van der Waals surface area contributed by atoms with Gasteiger partial charge in [0.15, 0.2) is 9.84 Å². The molecule has 2 heterocycles. The minimum Gasteiger partial charge on any atom is -0.339 e. The van der Waals surface area contributed by atoms with Crippen LogP contribution in [0, 0.1) is 0 Å². The Morgan fingerprint density at radius 3 is 2.42 bits per heavy atom. The van der Waals surface area contributed by atoms with E-state index in [1.54, 1.807) is 0 Å². The molecule has 1 aliphatic carbocycles. The molecule has 0 saturated carbocycles. The van der Waals surface area contributed by atoms with E-state index < -0.39 is 28.0 Å². The lowest BCUT2D eigenvalue weighted by Crippen LogP contribution is -2.43. The van der Waals surface area contributed by atoms with Gasteiger partial charge in [-0.2, -0.15) is 8.78 Å².